The van der Waals surface area contributed by atoms with Gasteiger partial charge < -0.3 is 4.74 Å². The second-order valence-corrected chi connectivity index (χ2v) is 8.34. The highest BCUT2D eigenvalue weighted by Crippen LogP contribution is 2.29. The fraction of sp³-hybridized carbons (Fsp3) is 0.0435. The molecule has 1 aromatic heterocycles. The molecule has 32 heavy (non-hydrogen) atoms. The summed E-state index contributed by atoms with van der Waals surface area (Å²) >= 11 is 4.47. The maximum absolute atomic E-state index is 12.4. The number of esters is 1. The molecule has 7 nitrogen and oxygen atoms in total. The van der Waals surface area contributed by atoms with E-state index in [4.69, 9.17) is 4.74 Å². The van der Waals surface area contributed by atoms with Gasteiger partial charge in [-0.2, -0.15) is 5.10 Å². The Morgan fingerprint density at radius 3 is 2.28 bits per heavy atom. The highest BCUT2D eigenvalue weighted by Gasteiger charge is 2.22. The first kappa shape index (κ1) is 21.8. The van der Waals surface area contributed by atoms with Crippen molar-refractivity contribution in [3.8, 4) is 17.1 Å². The number of methoxy groups -OCH3 is 1. The van der Waals surface area contributed by atoms with Crippen molar-refractivity contribution in [1.82, 2.24) is 14.8 Å². The summed E-state index contributed by atoms with van der Waals surface area (Å²) in [6, 6.07) is 26.9. The first-order valence-corrected chi connectivity index (χ1v) is 11.2. The zero-order valence-corrected chi connectivity index (χ0v) is 19.4. The Kier molecular flexibility index (Phi) is 6.98. The second-order valence-electron chi connectivity index (χ2n) is 6.47. The Hall–Kier alpha value is -3.43. The molecule has 4 rings (SSSR count). The van der Waals surface area contributed by atoms with Crippen molar-refractivity contribution in [2.45, 2.75) is 5.16 Å². The predicted molar refractivity (Wildman–Crippen MR) is 130 cm³/mol. The van der Waals surface area contributed by atoms with Crippen LogP contribution in [0.4, 0.5) is 5.69 Å². The van der Waals surface area contributed by atoms with E-state index in [1.165, 1.54) is 7.11 Å². The SMILES string of the molecule is COC(=O)/C(=N/Nc1ccc(Br)cc1)Sc1nnc(-c2ccccc2)n1-c1ccccc1. The lowest BCUT2D eigenvalue weighted by Gasteiger charge is -2.11. The summed E-state index contributed by atoms with van der Waals surface area (Å²) in [4.78, 5) is 12.4. The van der Waals surface area contributed by atoms with E-state index in [2.05, 4.69) is 36.7 Å². The number of hydrogen-bond donors (Lipinski definition) is 1. The summed E-state index contributed by atoms with van der Waals surface area (Å²) in [7, 11) is 1.31. The summed E-state index contributed by atoms with van der Waals surface area (Å²) in [5.74, 6) is 0.0767. The van der Waals surface area contributed by atoms with Crippen molar-refractivity contribution < 1.29 is 9.53 Å². The minimum Gasteiger partial charge on any atom is -0.464 e. The number of thioether (sulfide) groups is 1. The normalized spacial score (nSPS) is 11.2. The van der Waals surface area contributed by atoms with Gasteiger partial charge in [0.1, 0.15) is 0 Å². The molecule has 0 atom stereocenters. The molecule has 0 aliphatic rings. The smallest absolute Gasteiger partial charge is 0.365 e. The zero-order chi connectivity index (χ0) is 22.3. The Balaban J connectivity index is 1.72. The molecule has 0 saturated heterocycles. The van der Waals surface area contributed by atoms with Gasteiger partial charge in [0.2, 0.25) is 10.2 Å². The summed E-state index contributed by atoms with van der Waals surface area (Å²) in [5, 5.41) is 13.6. The molecular formula is C23H18BrN5O2S. The fourth-order valence-corrected chi connectivity index (χ4v) is 3.90. The van der Waals surface area contributed by atoms with Gasteiger partial charge >= 0.3 is 5.97 Å². The number of nitrogens with one attached hydrogen (secondary N) is 1. The van der Waals surface area contributed by atoms with E-state index < -0.39 is 5.97 Å². The molecular weight excluding hydrogens is 490 g/mol. The number of hydrogen-bond acceptors (Lipinski definition) is 7. The van der Waals surface area contributed by atoms with Crippen LogP contribution in [0.2, 0.25) is 0 Å². The molecule has 0 saturated carbocycles. The van der Waals surface area contributed by atoms with Crippen LogP contribution in [0.1, 0.15) is 0 Å². The van der Waals surface area contributed by atoms with Crippen LogP contribution in [0.5, 0.6) is 0 Å². The van der Waals surface area contributed by atoms with Crippen molar-refractivity contribution in [3.05, 3.63) is 89.4 Å². The van der Waals surface area contributed by atoms with E-state index in [-0.39, 0.29) is 5.04 Å². The number of anilines is 1. The first-order chi connectivity index (χ1) is 15.7. The van der Waals surface area contributed by atoms with E-state index in [0.29, 0.717) is 11.0 Å². The molecule has 4 aromatic rings. The summed E-state index contributed by atoms with van der Waals surface area (Å²) < 4.78 is 7.76. The molecule has 0 amide bonds. The Morgan fingerprint density at radius 2 is 1.62 bits per heavy atom. The average Bonchev–Trinajstić information content (AvgIpc) is 3.27. The van der Waals surface area contributed by atoms with Crippen LogP contribution < -0.4 is 5.43 Å². The number of rotatable bonds is 5. The number of benzene rings is 3. The quantitative estimate of drug-likeness (QED) is 0.128. The Morgan fingerprint density at radius 1 is 0.969 bits per heavy atom. The maximum atomic E-state index is 12.4. The van der Waals surface area contributed by atoms with E-state index in [1.54, 1.807) is 0 Å². The van der Waals surface area contributed by atoms with Crippen molar-refractivity contribution in [1.29, 1.82) is 0 Å². The number of para-hydroxylation sites is 1. The van der Waals surface area contributed by atoms with Gasteiger partial charge in [0.15, 0.2) is 5.82 Å². The number of carbonyl (C=O) groups excluding carboxylic acids is 1. The number of ether oxygens (including phenoxy) is 1. The number of hydrazone groups is 1. The Bertz CT molecular complexity index is 1230. The molecule has 0 unspecified atom stereocenters. The lowest BCUT2D eigenvalue weighted by Crippen LogP contribution is -2.15. The largest absolute Gasteiger partial charge is 0.464 e. The molecule has 0 aliphatic carbocycles. The molecule has 1 N–H and O–H groups in total. The van der Waals surface area contributed by atoms with Crippen molar-refractivity contribution in [2.24, 2.45) is 5.10 Å². The lowest BCUT2D eigenvalue weighted by atomic mass is 10.2. The van der Waals surface area contributed by atoms with Gasteiger partial charge in [-0.15, -0.1) is 10.2 Å². The van der Waals surface area contributed by atoms with Gasteiger partial charge in [-0.3, -0.25) is 9.99 Å². The number of carbonyl (C=O) groups is 1. The van der Waals surface area contributed by atoms with E-state index in [9.17, 15) is 4.79 Å². The first-order valence-electron chi connectivity index (χ1n) is 9.57. The third-order valence-corrected chi connectivity index (χ3v) is 5.79. The van der Waals surface area contributed by atoms with Gasteiger partial charge in [0.05, 0.1) is 12.8 Å². The molecule has 0 aliphatic heterocycles. The predicted octanol–water partition coefficient (Wildman–Crippen LogP) is 5.39. The van der Waals surface area contributed by atoms with Crippen LogP contribution in [0.3, 0.4) is 0 Å². The van der Waals surface area contributed by atoms with Crippen molar-refractivity contribution in [2.75, 3.05) is 12.5 Å². The van der Waals surface area contributed by atoms with E-state index in [1.807, 2.05) is 89.5 Å². The zero-order valence-electron chi connectivity index (χ0n) is 17.0. The van der Waals surface area contributed by atoms with Crippen molar-refractivity contribution >= 4 is 44.4 Å². The number of nitrogens with zero attached hydrogens (tertiary/aromatic N) is 4. The molecule has 3 aromatic carbocycles. The number of aromatic nitrogens is 3. The lowest BCUT2D eigenvalue weighted by molar-refractivity contribution is -0.132. The topological polar surface area (TPSA) is 81.4 Å². The minimum absolute atomic E-state index is 0.0969. The molecule has 9 heteroatoms. The molecule has 160 valence electrons. The average molecular weight is 508 g/mol. The van der Waals surface area contributed by atoms with Gasteiger partial charge in [0.25, 0.3) is 0 Å². The third-order valence-electron chi connectivity index (χ3n) is 4.36. The van der Waals surface area contributed by atoms with Gasteiger partial charge in [-0.05, 0) is 48.2 Å². The van der Waals surface area contributed by atoms with Gasteiger partial charge in [-0.1, -0.05) is 64.5 Å². The summed E-state index contributed by atoms with van der Waals surface area (Å²) in [5.41, 5.74) is 5.39. The fourth-order valence-electron chi connectivity index (χ4n) is 2.84. The number of halogens is 1. The minimum atomic E-state index is -0.580. The third kappa shape index (κ3) is 5.06. The summed E-state index contributed by atoms with van der Waals surface area (Å²) in [6.07, 6.45) is 0. The second kappa shape index (κ2) is 10.3. The Labute approximate surface area is 197 Å². The van der Waals surface area contributed by atoms with E-state index >= 15 is 0 Å². The van der Waals surface area contributed by atoms with Crippen LogP contribution in [0.15, 0.2) is 99.7 Å². The van der Waals surface area contributed by atoms with Gasteiger partial charge in [-0.25, -0.2) is 4.79 Å². The van der Waals surface area contributed by atoms with Crippen LogP contribution in [-0.4, -0.2) is 32.9 Å². The van der Waals surface area contributed by atoms with Crippen LogP contribution >= 0.6 is 27.7 Å². The standard InChI is InChI=1S/C23H18BrN5O2S/c1-31-22(30)21(27-25-18-14-12-17(24)13-15-18)32-23-28-26-20(16-8-4-2-5-9-16)29(23)19-10-6-3-7-11-19/h2-15,25H,1H3/b27-21-. The van der Waals surface area contributed by atoms with Crippen molar-refractivity contribution in [3.63, 3.8) is 0 Å². The highest BCUT2D eigenvalue weighted by atomic mass is 79.9. The molecule has 0 radical (unpaired) electrons. The van der Waals surface area contributed by atoms with Crippen LogP contribution in [0, 0.1) is 0 Å². The summed E-state index contributed by atoms with van der Waals surface area (Å²) in [6.45, 7) is 0. The monoisotopic (exact) mass is 507 g/mol. The van der Waals surface area contributed by atoms with E-state index in [0.717, 1.165) is 33.2 Å². The molecule has 1 heterocycles. The molecule has 0 spiro atoms. The van der Waals surface area contributed by atoms with Crippen LogP contribution in [-0.2, 0) is 9.53 Å². The van der Waals surface area contributed by atoms with Gasteiger partial charge in [0, 0.05) is 15.7 Å². The maximum Gasteiger partial charge on any atom is 0.365 e. The molecule has 0 bridgehead atoms. The molecule has 0 fully saturated rings. The highest BCUT2D eigenvalue weighted by molar-refractivity contribution is 9.10. The van der Waals surface area contributed by atoms with Crippen LogP contribution in [0.25, 0.3) is 17.1 Å².